The lowest BCUT2D eigenvalue weighted by molar-refractivity contribution is -0.127. The number of hydrogen-bond acceptors (Lipinski definition) is 2. The summed E-state index contributed by atoms with van der Waals surface area (Å²) in [6.45, 7) is 0.772. The Hall–Kier alpha value is -0.180. The number of amides is 1. The molecule has 0 radical (unpaired) electrons. The number of carbonyl (C=O) groups is 1. The van der Waals surface area contributed by atoms with Crippen molar-refractivity contribution in [1.82, 2.24) is 4.31 Å². The van der Waals surface area contributed by atoms with Gasteiger partial charge in [0.25, 0.3) is 0 Å². The van der Waals surface area contributed by atoms with Gasteiger partial charge in [0.05, 0.1) is 0 Å². The number of piperidine rings is 1. The molecule has 0 N–H and O–H groups in total. The molecule has 1 rings (SSSR count). The third kappa shape index (κ3) is 1.15. The monoisotopic (exact) mass is 130 g/mol. The van der Waals surface area contributed by atoms with Gasteiger partial charge in [0, 0.05) is 6.42 Å². The van der Waals surface area contributed by atoms with Crippen molar-refractivity contribution in [3.63, 3.8) is 0 Å². The molecule has 1 aliphatic heterocycles. The van der Waals surface area contributed by atoms with Crippen LogP contribution in [0.1, 0.15) is 19.3 Å². The van der Waals surface area contributed by atoms with E-state index in [0.717, 1.165) is 19.4 Å². The zero-order valence-electron chi connectivity index (χ0n) is 4.59. The number of carbonyl (C=O) groups excluding carboxylic acids is 1. The van der Waals surface area contributed by atoms with Gasteiger partial charge in [0.1, 0.15) is 0 Å². The largest absolute Gasteiger partial charge is 0.664 e. The molecule has 0 unspecified atom stereocenters. The normalized spacial score (nSPS) is 21.6. The molecule has 1 aliphatic rings. The molecule has 0 aliphatic carbocycles. The average Bonchev–Trinajstić information content (AvgIpc) is 1.77. The highest BCUT2D eigenvalue weighted by Gasteiger charge is 2.06. The first kappa shape index (κ1) is 5.95. The highest BCUT2D eigenvalue weighted by Crippen LogP contribution is 2.07. The van der Waals surface area contributed by atoms with Crippen LogP contribution in [0.3, 0.4) is 0 Å². The van der Waals surface area contributed by atoms with Gasteiger partial charge in [0.2, 0.25) is 0 Å². The Bertz CT molecular complexity index is 105. The Balaban J connectivity index is 2.39. The lowest BCUT2D eigenvalue weighted by Crippen LogP contribution is -2.29. The first-order valence-electron chi connectivity index (χ1n) is 2.78. The maximum absolute atomic E-state index is 10.6. The third-order valence-corrected chi connectivity index (χ3v) is 1.67. The van der Waals surface area contributed by atoms with E-state index >= 15 is 0 Å². The standard InChI is InChI=1S/C5H8NOS/c7-5-3-1-2-4-6(5)8/h1-4H2/q-1. The maximum Gasteiger partial charge on any atom is 0.200 e. The summed E-state index contributed by atoms with van der Waals surface area (Å²) in [6.07, 6.45) is 2.75. The van der Waals surface area contributed by atoms with Crippen LogP contribution in [0.4, 0.5) is 0 Å². The van der Waals surface area contributed by atoms with Gasteiger partial charge < -0.3 is 17.1 Å². The molecule has 1 saturated heterocycles. The van der Waals surface area contributed by atoms with Crippen LogP contribution < -0.4 is 0 Å². The lowest BCUT2D eigenvalue weighted by atomic mass is 10.2. The minimum atomic E-state index is 0.117. The maximum atomic E-state index is 10.6. The molecule has 0 aromatic carbocycles. The second-order valence-corrected chi connectivity index (χ2v) is 2.39. The molecular weight excluding hydrogens is 122 g/mol. The zero-order valence-corrected chi connectivity index (χ0v) is 5.41. The predicted octanol–water partition coefficient (Wildman–Crippen LogP) is 0.461. The van der Waals surface area contributed by atoms with Crippen molar-refractivity contribution in [2.75, 3.05) is 6.54 Å². The van der Waals surface area contributed by atoms with E-state index in [9.17, 15) is 4.79 Å². The lowest BCUT2D eigenvalue weighted by Gasteiger charge is -2.32. The summed E-state index contributed by atoms with van der Waals surface area (Å²) in [5.41, 5.74) is 0. The number of rotatable bonds is 0. The van der Waals surface area contributed by atoms with Gasteiger partial charge in [0.15, 0.2) is 5.91 Å². The fourth-order valence-electron chi connectivity index (χ4n) is 0.781. The minimum Gasteiger partial charge on any atom is -0.664 e. The van der Waals surface area contributed by atoms with Crippen LogP contribution >= 0.6 is 0 Å². The molecule has 1 fully saturated rings. The van der Waals surface area contributed by atoms with Crippen molar-refractivity contribution in [1.29, 1.82) is 0 Å². The average molecular weight is 130 g/mol. The molecule has 8 heavy (non-hydrogen) atoms. The van der Waals surface area contributed by atoms with Crippen molar-refractivity contribution in [2.45, 2.75) is 19.3 Å². The fourth-order valence-corrected chi connectivity index (χ4v) is 1.00. The van der Waals surface area contributed by atoms with Crippen LogP contribution in [0, 0.1) is 0 Å². The second kappa shape index (κ2) is 2.40. The highest BCUT2D eigenvalue weighted by molar-refractivity contribution is 7.56. The molecule has 0 aromatic heterocycles. The summed E-state index contributed by atoms with van der Waals surface area (Å²) >= 11 is 4.70. The van der Waals surface area contributed by atoms with Crippen LogP contribution in [-0.2, 0) is 17.6 Å². The van der Waals surface area contributed by atoms with E-state index < -0.39 is 0 Å². The Labute approximate surface area is 54.4 Å². The van der Waals surface area contributed by atoms with Gasteiger partial charge >= 0.3 is 0 Å². The van der Waals surface area contributed by atoms with E-state index in [-0.39, 0.29) is 5.91 Å². The smallest absolute Gasteiger partial charge is 0.200 e. The van der Waals surface area contributed by atoms with Crippen LogP contribution in [0.5, 0.6) is 0 Å². The quantitative estimate of drug-likeness (QED) is 0.444. The molecule has 46 valence electrons. The number of hydrogen-bond donors (Lipinski definition) is 0. The second-order valence-electron chi connectivity index (χ2n) is 1.95. The van der Waals surface area contributed by atoms with Crippen molar-refractivity contribution in [3.05, 3.63) is 0 Å². The first-order valence-corrected chi connectivity index (χ1v) is 3.15. The van der Waals surface area contributed by atoms with Gasteiger partial charge in [-0.25, -0.2) is 0 Å². The zero-order chi connectivity index (χ0) is 5.98. The molecular formula is C5H8NOS-. The van der Waals surface area contributed by atoms with Crippen LogP contribution in [0.2, 0.25) is 0 Å². The molecule has 3 heteroatoms. The van der Waals surface area contributed by atoms with Crippen LogP contribution in [0.15, 0.2) is 0 Å². The molecule has 1 heterocycles. The summed E-state index contributed by atoms with van der Waals surface area (Å²) in [7, 11) is 0. The minimum absolute atomic E-state index is 0.117. The van der Waals surface area contributed by atoms with E-state index in [1.54, 1.807) is 0 Å². The molecule has 0 saturated carbocycles. The van der Waals surface area contributed by atoms with Crippen LogP contribution in [-0.4, -0.2) is 16.8 Å². The van der Waals surface area contributed by atoms with E-state index in [4.69, 9.17) is 12.8 Å². The van der Waals surface area contributed by atoms with Gasteiger partial charge in [-0.3, -0.25) is 4.79 Å². The Morgan fingerprint density at radius 2 is 2.25 bits per heavy atom. The fraction of sp³-hybridized carbons (Fsp3) is 0.800. The summed E-state index contributed by atoms with van der Waals surface area (Å²) in [6, 6.07) is 0. The predicted molar refractivity (Wildman–Crippen MR) is 32.9 cm³/mol. The van der Waals surface area contributed by atoms with E-state index in [2.05, 4.69) is 0 Å². The Kier molecular flexibility index (Phi) is 1.78. The Morgan fingerprint density at radius 1 is 1.50 bits per heavy atom. The Morgan fingerprint density at radius 3 is 2.62 bits per heavy atom. The van der Waals surface area contributed by atoms with E-state index in [0.29, 0.717) is 6.42 Å². The molecule has 0 atom stereocenters. The number of nitrogens with zero attached hydrogens (tertiary/aromatic N) is 1. The van der Waals surface area contributed by atoms with Gasteiger partial charge in [-0.1, -0.05) is 0 Å². The van der Waals surface area contributed by atoms with Crippen molar-refractivity contribution < 1.29 is 4.79 Å². The molecule has 2 nitrogen and oxygen atoms in total. The van der Waals surface area contributed by atoms with Gasteiger partial charge in [-0.2, -0.15) is 0 Å². The third-order valence-electron chi connectivity index (χ3n) is 1.28. The van der Waals surface area contributed by atoms with Crippen molar-refractivity contribution in [2.24, 2.45) is 0 Å². The summed E-state index contributed by atoms with van der Waals surface area (Å²) < 4.78 is 1.38. The van der Waals surface area contributed by atoms with E-state index in [1.165, 1.54) is 4.31 Å². The highest BCUT2D eigenvalue weighted by atomic mass is 32.1. The van der Waals surface area contributed by atoms with Crippen molar-refractivity contribution in [3.8, 4) is 0 Å². The van der Waals surface area contributed by atoms with Crippen LogP contribution in [0.25, 0.3) is 0 Å². The summed E-state index contributed by atoms with van der Waals surface area (Å²) in [5, 5.41) is 0. The molecule has 0 aromatic rings. The van der Waals surface area contributed by atoms with Gasteiger partial charge in [-0.05, 0) is 19.4 Å². The van der Waals surface area contributed by atoms with E-state index in [1.807, 2.05) is 0 Å². The topological polar surface area (TPSA) is 20.3 Å². The molecule has 1 amide bonds. The summed E-state index contributed by atoms with van der Waals surface area (Å²) in [4.78, 5) is 10.6. The first-order chi connectivity index (χ1) is 3.80. The van der Waals surface area contributed by atoms with Crippen molar-refractivity contribution >= 4 is 18.7 Å². The summed E-state index contributed by atoms with van der Waals surface area (Å²) in [5.74, 6) is 0.117. The SMILES string of the molecule is O=C1CCCCN1[S-]. The van der Waals surface area contributed by atoms with Gasteiger partial charge in [-0.15, -0.1) is 0 Å². The molecule has 0 bridgehead atoms. The molecule has 0 spiro atoms.